The summed E-state index contributed by atoms with van der Waals surface area (Å²) in [5, 5.41) is 3.60. The van der Waals surface area contributed by atoms with Crippen LogP contribution in [0, 0.1) is 0 Å². The van der Waals surface area contributed by atoms with E-state index < -0.39 is 11.7 Å². The average molecular weight is 475 g/mol. The first-order valence-corrected chi connectivity index (χ1v) is 10.1. The third-order valence-electron chi connectivity index (χ3n) is 4.85. The number of anilines is 1. The summed E-state index contributed by atoms with van der Waals surface area (Å²) in [7, 11) is 0. The molecule has 0 radical (unpaired) electrons. The van der Waals surface area contributed by atoms with Crippen molar-refractivity contribution in [1.82, 2.24) is 13.9 Å². The van der Waals surface area contributed by atoms with Crippen LogP contribution in [0.5, 0.6) is 0 Å². The molecule has 148 valence electrons. The first-order chi connectivity index (χ1) is 13.4. The molecule has 4 rings (SSSR count). The minimum atomic E-state index is -4.63. The number of fused-ring (bicyclic) bond motifs is 1. The van der Waals surface area contributed by atoms with Gasteiger partial charge in [0.25, 0.3) is 0 Å². The average Bonchev–Trinajstić information content (AvgIpc) is 3.27. The molecule has 1 fully saturated rings. The van der Waals surface area contributed by atoms with E-state index in [0.29, 0.717) is 15.4 Å². The first kappa shape index (κ1) is 19.5. The van der Waals surface area contributed by atoms with Crippen molar-refractivity contribution in [2.75, 3.05) is 5.32 Å². The maximum Gasteiger partial charge on any atom is 0.419 e. The first-order valence-electron chi connectivity index (χ1n) is 8.67. The number of hydrogen-bond acceptors (Lipinski definition) is 4. The van der Waals surface area contributed by atoms with Crippen LogP contribution in [0.25, 0.3) is 22.2 Å². The van der Waals surface area contributed by atoms with E-state index in [-0.39, 0.29) is 35.6 Å². The highest BCUT2D eigenvalue weighted by Gasteiger charge is 2.36. The van der Waals surface area contributed by atoms with E-state index in [1.54, 1.807) is 18.2 Å². The SMILES string of the molecule is FSn1cc(-c2nc(NC3CCCC3)ncc2C(F)(F)F)c2ccc(Br)cc21. The van der Waals surface area contributed by atoms with E-state index in [4.69, 9.17) is 0 Å². The maximum atomic E-state index is 13.6. The lowest BCUT2D eigenvalue weighted by Crippen LogP contribution is -2.18. The molecule has 3 aromatic rings. The molecule has 2 heterocycles. The van der Waals surface area contributed by atoms with Gasteiger partial charge in [-0.2, -0.15) is 13.2 Å². The van der Waals surface area contributed by atoms with Gasteiger partial charge < -0.3 is 5.32 Å². The fourth-order valence-corrected chi connectivity index (χ4v) is 4.25. The molecule has 0 spiro atoms. The molecule has 4 nitrogen and oxygen atoms in total. The Morgan fingerprint density at radius 3 is 2.64 bits per heavy atom. The Kier molecular flexibility index (Phi) is 5.26. The van der Waals surface area contributed by atoms with E-state index in [1.807, 2.05) is 0 Å². The zero-order valence-electron chi connectivity index (χ0n) is 14.4. The van der Waals surface area contributed by atoms with E-state index in [2.05, 4.69) is 31.2 Å². The third kappa shape index (κ3) is 3.71. The molecule has 0 saturated heterocycles. The highest BCUT2D eigenvalue weighted by atomic mass is 79.9. The van der Waals surface area contributed by atoms with Crippen LogP contribution in [0.4, 0.5) is 23.0 Å². The van der Waals surface area contributed by atoms with Crippen molar-refractivity contribution in [2.24, 2.45) is 0 Å². The Labute approximate surface area is 171 Å². The number of nitrogens with zero attached hydrogens (tertiary/aromatic N) is 3. The highest BCUT2D eigenvalue weighted by Crippen LogP contribution is 2.41. The van der Waals surface area contributed by atoms with Crippen LogP contribution in [0.2, 0.25) is 0 Å². The van der Waals surface area contributed by atoms with Gasteiger partial charge in [-0.3, -0.25) is 3.97 Å². The molecule has 1 saturated carbocycles. The third-order valence-corrected chi connectivity index (χ3v) is 5.79. The van der Waals surface area contributed by atoms with Gasteiger partial charge in [0, 0.05) is 33.9 Å². The van der Waals surface area contributed by atoms with Gasteiger partial charge in [-0.15, -0.1) is 3.89 Å². The minimum Gasteiger partial charge on any atom is -0.351 e. The van der Waals surface area contributed by atoms with Crippen molar-refractivity contribution in [2.45, 2.75) is 37.9 Å². The lowest BCUT2D eigenvalue weighted by molar-refractivity contribution is -0.137. The van der Waals surface area contributed by atoms with Crippen LogP contribution in [0.1, 0.15) is 31.2 Å². The highest BCUT2D eigenvalue weighted by molar-refractivity contribution is 9.10. The van der Waals surface area contributed by atoms with Crippen molar-refractivity contribution >= 4 is 45.1 Å². The van der Waals surface area contributed by atoms with Crippen LogP contribution >= 0.6 is 28.3 Å². The predicted molar refractivity (Wildman–Crippen MR) is 106 cm³/mol. The summed E-state index contributed by atoms with van der Waals surface area (Å²) in [6.45, 7) is 0. The summed E-state index contributed by atoms with van der Waals surface area (Å²) >= 11 is 3.23. The van der Waals surface area contributed by atoms with Crippen LogP contribution in [-0.2, 0) is 6.18 Å². The number of rotatable bonds is 4. The fraction of sp³-hybridized carbons (Fsp3) is 0.333. The van der Waals surface area contributed by atoms with Crippen molar-refractivity contribution in [3.63, 3.8) is 0 Å². The molecule has 1 aromatic carbocycles. The van der Waals surface area contributed by atoms with E-state index >= 15 is 0 Å². The predicted octanol–water partition coefficient (Wildman–Crippen LogP) is 6.61. The molecule has 1 aliphatic rings. The summed E-state index contributed by atoms with van der Waals surface area (Å²) < 4.78 is 56.2. The van der Waals surface area contributed by atoms with Gasteiger partial charge in [0.1, 0.15) is 5.56 Å². The van der Waals surface area contributed by atoms with Gasteiger partial charge in [0.05, 0.1) is 11.2 Å². The smallest absolute Gasteiger partial charge is 0.351 e. The van der Waals surface area contributed by atoms with Crippen molar-refractivity contribution in [3.05, 3.63) is 40.6 Å². The summed E-state index contributed by atoms with van der Waals surface area (Å²) in [5.41, 5.74) is -0.552. The van der Waals surface area contributed by atoms with Crippen molar-refractivity contribution in [1.29, 1.82) is 0 Å². The second-order valence-corrected chi connectivity index (χ2v) is 8.13. The number of halogens is 5. The van der Waals surface area contributed by atoms with Gasteiger partial charge in [-0.25, -0.2) is 9.97 Å². The summed E-state index contributed by atoms with van der Waals surface area (Å²) in [6.07, 6.45) is 1.51. The Balaban J connectivity index is 1.88. The van der Waals surface area contributed by atoms with Crippen molar-refractivity contribution < 1.29 is 17.1 Å². The lowest BCUT2D eigenvalue weighted by Gasteiger charge is -2.15. The van der Waals surface area contributed by atoms with E-state index in [1.165, 1.54) is 10.2 Å². The molecular formula is C18H15BrF4N4S. The number of benzene rings is 1. The molecule has 0 aliphatic heterocycles. The molecule has 10 heteroatoms. The Bertz CT molecular complexity index is 1010. The molecule has 28 heavy (non-hydrogen) atoms. The molecule has 0 amide bonds. The second-order valence-electron chi connectivity index (χ2n) is 6.68. The number of aromatic nitrogens is 3. The fourth-order valence-electron chi connectivity index (χ4n) is 3.53. The van der Waals surface area contributed by atoms with Gasteiger partial charge in [0.15, 0.2) is 12.3 Å². The minimum absolute atomic E-state index is 0.0782. The van der Waals surface area contributed by atoms with Crippen LogP contribution < -0.4 is 5.32 Å². The van der Waals surface area contributed by atoms with Gasteiger partial charge in [-0.05, 0) is 25.0 Å². The molecule has 0 unspecified atom stereocenters. The maximum absolute atomic E-state index is 13.6. The van der Waals surface area contributed by atoms with E-state index in [9.17, 15) is 17.1 Å². The normalized spacial score (nSPS) is 15.5. The van der Waals surface area contributed by atoms with Crippen LogP contribution in [0.15, 0.2) is 35.1 Å². The molecule has 2 aromatic heterocycles. The lowest BCUT2D eigenvalue weighted by atomic mass is 10.1. The second kappa shape index (κ2) is 7.55. The summed E-state index contributed by atoms with van der Waals surface area (Å²) in [4.78, 5) is 8.07. The molecule has 0 bridgehead atoms. The number of nitrogens with one attached hydrogen (secondary N) is 1. The Morgan fingerprint density at radius 2 is 1.96 bits per heavy atom. The summed E-state index contributed by atoms with van der Waals surface area (Å²) in [6, 6.07) is 5.15. The molecule has 1 aliphatic carbocycles. The Morgan fingerprint density at radius 1 is 1.21 bits per heavy atom. The zero-order valence-corrected chi connectivity index (χ0v) is 16.8. The van der Waals surface area contributed by atoms with Crippen LogP contribution in [0.3, 0.4) is 0 Å². The summed E-state index contributed by atoms with van der Waals surface area (Å²) in [5.74, 6) is 0.154. The van der Waals surface area contributed by atoms with Crippen LogP contribution in [-0.4, -0.2) is 20.0 Å². The van der Waals surface area contributed by atoms with E-state index in [0.717, 1.165) is 31.9 Å². The zero-order chi connectivity index (χ0) is 19.9. The number of alkyl halides is 3. The largest absolute Gasteiger partial charge is 0.419 e. The molecular weight excluding hydrogens is 460 g/mol. The molecule has 0 atom stereocenters. The molecule has 1 N–H and O–H groups in total. The monoisotopic (exact) mass is 474 g/mol. The Hall–Kier alpha value is -1.81. The van der Waals surface area contributed by atoms with Gasteiger partial charge >= 0.3 is 6.18 Å². The van der Waals surface area contributed by atoms with Crippen molar-refractivity contribution in [3.8, 4) is 11.3 Å². The van der Waals surface area contributed by atoms with Gasteiger partial charge in [0.2, 0.25) is 5.95 Å². The topological polar surface area (TPSA) is 42.7 Å². The quantitative estimate of drug-likeness (QED) is 0.431. The standard InChI is InChI=1S/C18H15BrF4N4S/c19-10-5-6-12-13(9-27(28-23)15(12)7-10)16-14(18(20,21)22)8-24-17(26-16)25-11-3-1-2-4-11/h5-9,11H,1-4H2,(H,24,25,26). The van der Waals surface area contributed by atoms with Gasteiger partial charge in [-0.1, -0.05) is 34.8 Å². The number of hydrogen-bond donors (Lipinski definition) is 1.